The Labute approximate surface area is 125 Å². The van der Waals surface area contributed by atoms with Crippen molar-refractivity contribution in [3.05, 3.63) is 24.3 Å². The zero-order valence-corrected chi connectivity index (χ0v) is 12.7. The van der Waals surface area contributed by atoms with Gasteiger partial charge in [0.05, 0.1) is 6.61 Å². The first-order valence-electron chi connectivity index (χ1n) is 7.08. The summed E-state index contributed by atoms with van der Waals surface area (Å²) in [5.41, 5.74) is 1.31. The second kappa shape index (κ2) is 8.97. The fraction of sp³-hybridized carbons (Fsp3) is 0.467. The van der Waals surface area contributed by atoms with E-state index < -0.39 is 6.09 Å². The number of ether oxygens (including phenoxy) is 1. The Kier molecular flexibility index (Phi) is 7.25. The fourth-order valence-electron chi connectivity index (χ4n) is 1.62. The molecule has 0 aliphatic carbocycles. The SMILES string of the molecule is CCOC(=O)Nc1ccc(NC(=O)CCNC(C)C)cc1. The van der Waals surface area contributed by atoms with Gasteiger partial charge in [-0.25, -0.2) is 4.79 Å². The molecule has 0 aliphatic rings. The quantitative estimate of drug-likeness (QED) is 0.722. The van der Waals surface area contributed by atoms with Crippen LogP contribution in [0.3, 0.4) is 0 Å². The number of carbonyl (C=O) groups excluding carboxylic acids is 2. The second-order valence-corrected chi connectivity index (χ2v) is 4.83. The van der Waals surface area contributed by atoms with Crippen molar-refractivity contribution in [3.8, 4) is 0 Å². The van der Waals surface area contributed by atoms with Crippen molar-refractivity contribution in [2.24, 2.45) is 0 Å². The number of benzene rings is 1. The van der Waals surface area contributed by atoms with Gasteiger partial charge in [-0.15, -0.1) is 0 Å². The van der Waals surface area contributed by atoms with E-state index in [0.717, 1.165) is 0 Å². The van der Waals surface area contributed by atoms with E-state index in [9.17, 15) is 9.59 Å². The van der Waals surface area contributed by atoms with E-state index in [1.807, 2.05) is 13.8 Å². The lowest BCUT2D eigenvalue weighted by molar-refractivity contribution is -0.116. The van der Waals surface area contributed by atoms with Crippen LogP contribution in [-0.2, 0) is 9.53 Å². The number of hydrogen-bond donors (Lipinski definition) is 3. The normalized spacial score (nSPS) is 10.3. The number of carbonyl (C=O) groups is 2. The van der Waals surface area contributed by atoms with Crippen LogP contribution < -0.4 is 16.0 Å². The molecule has 2 amide bonds. The van der Waals surface area contributed by atoms with Gasteiger partial charge >= 0.3 is 6.09 Å². The van der Waals surface area contributed by atoms with Gasteiger partial charge in [0.25, 0.3) is 0 Å². The molecule has 6 heteroatoms. The van der Waals surface area contributed by atoms with Crippen molar-refractivity contribution < 1.29 is 14.3 Å². The Bertz CT molecular complexity index is 458. The summed E-state index contributed by atoms with van der Waals surface area (Å²) in [7, 11) is 0. The first-order chi connectivity index (χ1) is 10.0. The third kappa shape index (κ3) is 7.31. The van der Waals surface area contributed by atoms with Crippen LogP contribution in [0.1, 0.15) is 27.2 Å². The molecule has 0 saturated carbocycles. The maximum Gasteiger partial charge on any atom is 0.411 e. The lowest BCUT2D eigenvalue weighted by Gasteiger charge is -2.09. The molecule has 116 valence electrons. The molecule has 0 fully saturated rings. The standard InChI is InChI=1S/C15H23N3O3/c1-4-21-15(20)18-13-7-5-12(6-8-13)17-14(19)9-10-16-11(2)3/h5-8,11,16H,4,9-10H2,1-3H3,(H,17,19)(H,18,20). The van der Waals surface area contributed by atoms with Crippen LogP contribution in [0, 0.1) is 0 Å². The molecule has 0 atom stereocenters. The van der Waals surface area contributed by atoms with Crippen LogP contribution in [0.15, 0.2) is 24.3 Å². The van der Waals surface area contributed by atoms with Crippen LogP contribution in [0.5, 0.6) is 0 Å². The second-order valence-electron chi connectivity index (χ2n) is 4.83. The Balaban J connectivity index is 2.40. The molecule has 6 nitrogen and oxygen atoms in total. The Morgan fingerprint density at radius 2 is 1.67 bits per heavy atom. The highest BCUT2D eigenvalue weighted by atomic mass is 16.5. The predicted octanol–water partition coefficient (Wildman–Crippen LogP) is 2.58. The van der Waals surface area contributed by atoms with Gasteiger partial charge in [-0.05, 0) is 31.2 Å². The van der Waals surface area contributed by atoms with Gasteiger partial charge in [-0.1, -0.05) is 13.8 Å². The number of hydrogen-bond acceptors (Lipinski definition) is 4. The molecule has 1 aromatic carbocycles. The monoisotopic (exact) mass is 293 g/mol. The molecular weight excluding hydrogens is 270 g/mol. The van der Waals surface area contributed by atoms with Gasteiger partial charge in [-0.2, -0.15) is 0 Å². The van der Waals surface area contributed by atoms with E-state index in [0.29, 0.717) is 37.0 Å². The van der Waals surface area contributed by atoms with Gasteiger partial charge in [0.2, 0.25) is 5.91 Å². The Morgan fingerprint density at radius 1 is 1.10 bits per heavy atom. The molecule has 0 radical (unpaired) electrons. The van der Waals surface area contributed by atoms with Crippen molar-refractivity contribution in [2.45, 2.75) is 33.2 Å². The summed E-state index contributed by atoms with van der Waals surface area (Å²) >= 11 is 0. The van der Waals surface area contributed by atoms with Gasteiger partial charge in [-0.3, -0.25) is 10.1 Å². The van der Waals surface area contributed by atoms with E-state index in [2.05, 4.69) is 16.0 Å². The van der Waals surface area contributed by atoms with Crippen molar-refractivity contribution in [1.29, 1.82) is 0 Å². The van der Waals surface area contributed by atoms with Gasteiger partial charge in [0.1, 0.15) is 0 Å². The summed E-state index contributed by atoms with van der Waals surface area (Å²) in [5, 5.41) is 8.57. The Morgan fingerprint density at radius 3 is 2.19 bits per heavy atom. The van der Waals surface area contributed by atoms with Crippen LogP contribution in [0.4, 0.5) is 16.2 Å². The topological polar surface area (TPSA) is 79.5 Å². The summed E-state index contributed by atoms with van der Waals surface area (Å²) in [5.74, 6) is -0.0470. The van der Waals surface area contributed by atoms with Crippen molar-refractivity contribution in [1.82, 2.24) is 5.32 Å². The lowest BCUT2D eigenvalue weighted by atomic mass is 10.2. The van der Waals surface area contributed by atoms with E-state index in [1.54, 1.807) is 31.2 Å². The van der Waals surface area contributed by atoms with Gasteiger partial charge in [0.15, 0.2) is 0 Å². The first-order valence-corrected chi connectivity index (χ1v) is 7.08. The third-order valence-corrected chi connectivity index (χ3v) is 2.60. The zero-order chi connectivity index (χ0) is 15.7. The van der Waals surface area contributed by atoms with Crippen LogP contribution >= 0.6 is 0 Å². The molecule has 0 spiro atoms. The largest absolute Gasteiger partial charge is 0.450 e. The summed E-state index contributed by atoms with van der Waals surface area (Å²) in [6.07, 6.45) is -0.0740. The molecule has 0 unspecified atom stereocenters. The molecule has 0 heterocycles. The van der Waals surface area contributed by atoms with E-state index in [4.69, 9.17) is 4.74 Å². The predicted molar refractivity (Wildman–Crippen MR) is 83.5 cm³/mol. The molecule has 21 heavy (non-hydrogen) atoms. The molecule has 0 saturated heterocycles. The molecule has 0 aliphatic heterocycles. The van der Waals surface area contributed by atoms with E-state index in [-0.39, 0.29) is 5.91 Å². The molecular formula is C15H23N3O3. The van der Waals surface area contributed by atoms with Crippen LogP contribution in [0.25, 0.3) is 0 Å². The molecule has 0 aromatic heterocycles. The first kappa shape index (κ1) is 17.0. The van der Waals surface area contributed by atoms with E-state index in [1.165, 1.54) is 0 Å². The van der Waals surface area contributed by atoms with Crippen molar-refractivity contribution in [2.75, 3.05) is 23.8 Å². The van der Waals surface area contributed by atoms with E-state index >= 15 is 0 Å². The molecule has 1 rings (SSSR count). The van der Waals surface area contributed by atoms with Gasteiger partial charge < -0.3 is 15.4 Å². The average Bonchev–Trinajstić information content (AvgIpc) is 2.41. The number of nitrogens with one attached hydrogen (secondary N) is 3. The minimum absolute atomic E-state index is 0.0470. The summed E-state index contributed by atoms with van der Waals surface area (Å²) < 4.78 is 4.78. The number of anilines is 2. The average molecular weight is 293 g/mol. The lowest BCUT2D eigenvalue weighted by Crippen LogP contribution is -2.27. The van der Waals surface area contributed by atoms with Crippen LogP contribution in [-0.4, -0.2) is 31.2 Å². The highest BCUT2D eigenvalue weighted by Crippen LogP contribution is 2.14. The summed E-state index contributed by atoms with van der Waals surface area (Å²) in [6.45, 7) is 6.78. The van der Waals surface area contributed by atoms with Crippen molar-refractivity contribution in [3.63, 3.8) is 0 Å². The third-order valence-electron chi connectivity index (χ3n) is 2.60. The highest BCUT2D eigenvalue weighted by Gasteiger charge is 2.04. The zero-order valence-electron chi connectivity index (χ0n) is 12.7. The van der Waals surface area contributed by atoms with Crippen LogP contribution in [0.2, 0.25) is 0 Å². The minimum atomic E-state index is -0.492. The fourth-order valence-corrected chi connectivity index (χ4v) is 1.62. The highest BCUT2D eigenvalue weighted by molar-refractivity contribution is 5.91. The number of rotatable bonds is 7. The Hall–Kier alpha value is -2.08. The maximum absolute atomic E-state index is 11.7. The smallest absolute Gasteiger partial charge is 0.411 e. The minimum Gasteiger partial charge on any atom is -0.450 e. The summed E-state index contributed by atoms with van der Waals surface area (Å²) in [6, 6.07) is 7.24. The maximum atomic E-state index is 11.7. The molecule has 0 bridgehead atoms. The van der Waals surface area contributed by atoms with Crippen molar-refractivity contribution >= 4 is 23.4 Å². The number of amides is 2. The summed E-state index contributed by atoms with van der Waals surface area (Å²) in [4.78, 5) is 22.9. The van der Waals surface area contributed by atoms with Gasteiger partial charge in [0, 0.05) is 30.4 Å². The molecule has 1 aromatic rings. The molecule has 3 N–H and O–H groups in total.